The maximum absolute atomic E-state index is 12.8. The number of nitrogens with zero attached hydrogens (tertiary/aromatic N) is 4. The largest absolute Gasteiger partial charge is 0.497 e. The highest BCUT2D eigenvalue weighted by atomic mass is 16.5. The second-order valence-electron chi connectivity index (χ2n) is 6.61. The van der Waals surface area contributed by atoms with Crippen LogP contribution in [-0.4, -0.2) is 58.5 Å². The molecule has 8 nitrogen and oxygen atoms in total. The predicted octanol–water partition coefficient (Wildman–Crippen LogP) is 1.75. The molecule has 2 heterocycles. The van der Waals surface area contributed by atoms with Crippen molar-refractivity contribution >= 4 is 11.8 Å². The fourth-order valence-electron chi connectivity index (χ4n) is 3.33. The van der Waals surface area contributed by atoms with E-state index in [1.165, 1.54) is 6.92 Å². The number of amides is 2. The van der Waals surface area contributed by atoms with E-state index in [1.54, 1.807) is 23.8 Å². The number of ether oxygens (including phenoxy) is 1. The molecule has 1 saturated heterocycles. The highest BCUT2D eigenvalue weighted by Crippen LogP contribution is 2.26. The van der Waals surface area contributed by atoms with Gasteiger partial charge < -0.3 is 19.1 Å². The van der Waals surface area contributed by atoms with Gasteiger partial charge in [-0.1, -0.05) is 17.3 Å². The summed E-state index contributed by atoms with van der Waals surface area (Å²) in [6, 6.07) is 7.18. The number of rotatable bonds is 4. The molecule has 27 heavy (non-hydrogen) atoms. The molecule has 8 heteroatoms. The molecule has 1 aromatic heterocycles. The van der Waals surface area contributed by atoms with Crippen LogP contribution in [0.4, 0.5) is 0 Å². The molecule has 3 rings (SSSR count). The summed E-state index contributed by atoms with van der Waals surface area (Å²) in [7, 11) is 1.60. The zero-order chi connectivity index (χ0) is 19.4. The van der Waals surface area contributed by atoms with Crippen LogP contribution in [0.1, 0.15) is 36.7 Å². The second kappa shape index (κ2) is 8.20. The summed E-state index contributed by atoms with van der Waals surface area (Å²) < 4.78 is 10.5. The Morgan fingerprint density at radius 1 is 1.30 bits per heavy atom. The van der Waals surface area contributed by atoms with Crippen LogP contribution in [0.2, 0.25) is 0 Å². The van der Waals surface area contributed by atoms with Crippen molar-refractivity contribution in [2.45, 2.75) is 32.7 Å². The van der Waals surface area contributed by atoms with Gasteiger partial charge in [0.05, 0.1) is 13.5 Å². The first-order chi connectivity index (χ1) is 13.0. The molecule has 1 aromatic carbocycles. The predicted molar refractivity (Wildman–Crippen MR) is 97.1 cm³/mol. The molecule has 144 valence electrons. The maximum atomic E-state index is 12.8. The van der Waals surface area contributed by atoms with Crippen molar-refractivity contribution < 1.29 is 18.8 Å². The number of carbonyl (C=O) groups excluding carboxylic acids is 2. The van der Waals surface area contributed by atoms with Gasteiger partial charge in [-0.3, -0.25) is 9.59 Å². The van der Waals surface area contributed by atoms with E-state index in [1.807, 2.05) is 24.3 Å². The Labute approximate surface area is 158 Å². The molecular weight excluding hydrogens is 348 g/mol. The average molecular weight is 372 g/mol. The van der Waals surface area contributed by atoms with Crippen LogP contribution in [0.25, 0.3) is 0 Å². The molecule has 1 aliphatic heterocycles. The molecule has 1 aliphatic rings. The number of aryl methyl sites for hydroxylation is 1. The minimum Gasteiger partial charge on any atom is -0.497 e. The molecule has 2 aromatic rings. The van der Waals surface area contributed by atoms with Gasteiger partial charge in [0, 0.05) is 26.6 Å². The Bertz CT molecular complexity index is 820. The Morgan fingerprint density at radius 2 is 2.11 bits per heavy atom. The normalized spacial score (nSPS) is 17.5. The zero-order valence-electron chi connectivity index (χ0n) is 15.8. The van der Waals surface area contributed by atoms with Crippen LogP contribution < -0.4 is 4.74 Å². The highest BCUT2D eigenvalue weighted by molar-refractivity contribution is 5.79. The summed E-state index contributed by atoms with van der Waals surface area (Å²) in [6.45, 7) is 4.70. The van der Waals surface area contributed by atoms with Crippen LogP contribution in [0.15, 0.2) is 28.8 Å². The maximum Gasteiger partial charge on any atom is 0.249 e. The summed E-state index contributed by atoms with van der Waals surface area (Å²) in [6.07, 6.45) is 0.854. The summed E-state index contributed by atoms with van der Waals surface area (Å²) in [5.74, 6) is 1.63. The number of hydrogen-bond donors (Lipinski definition) is 0. The molecule has 1 unspecified atom stereocenters. The van der Waals surface area contributed by atoms with Gasteiger partial charge in [-0.2, -0.15) is 4.98 Å². The van der Waals surface area contributed by atoms with E-state index in [4.69, 9.17) is 9.26 Å². The fraction of sp³-hybridized carbons (Fsp3) is 0.474. The minimum atomic E-state index is -0.307. The van der Waals surface area contributed by atoms with Crippen LogP contribution >= 0.6 is 0 Å². The summed E-state index contributed by atoms with van der Waals surface area (Å²) in [5, 5.41) is 3.83. The second-order valence-corrected chi connectivity index (χ2v) is 6.61. The lowest BCUT2D eigenvalue weighted by Gasteiger charge is -2.25. The average Bonchev–Trinajstić information content (AvgIpc) is 2.95. The highest BCUT2D eigenvalue weighted by Gasteiger charge is 2.32. The number of benzene rings is 1. The first-order valence-electron chi connectivity index (χ1n) is 8.96. The third-order valence-electron chi connectivity index (χ3n) is 4.73. The van der Waals surface area contributed by atoms with Crippen molar-refractivity contribution in [3.63, 3.8) is 0 Å². The number of methoxy groups -OCH3 is 1. The van der Waals surface area contributed by atoms with Gasteiger partial charge in [0.2, 0.25) is 17.7 Å². The Kier molecular flexibility index (Phi) is 5.73. The Hall–Kier alpha value is -2.90. The van der Waals surface area contributed by atoms with Gasteiger partial charge in [-0.25, -0.2) is 0 Å². The molecule has 0 N–H and O–H groups in total. The van der Waals surface area contributed by atoms with E-state index < -0.39 is 0 Å². The smallest absolute Gasteiger partial charge is 0.249 e. The van der Waals surface area contributed by atoms with Crippen LogP contribution in [0.5, 0.6) is 5.75 Å². The van der Waals surface area contributed by atoms with Crippen molar-refractivity contribution in [3.8, 4) is 5.75 Å². The molecule has 0 radical (unpaired) electrons. The molecule has 1 atom stereocenters. The number of carbonyl (C=O) groups is 2. The lowest BCUT2D eigenvalue weighted by atomic mass is 10.1. The lowest BCUT2D eigenvalue weighted by molar-refractivity contribution is -0.133. The van der Waals surface area contributed by atoms with Crippen molar-refractivity contribution in [2.75, 3.05) is 26.7 Å². The van der Waals surface area contributed by atoms with Gasteiger partial charge in [0.15, 0.2) is 5.82 Å². The molecular formula is C19H24N4O4. The van der Waals surface area contributed by atoms with Crippen molar-refractivity contribution in [1.82, 2.24) is 19.9 Å². The van der Waals surface area contributed by atoms with Crippen LogP contribution in [-0.2, 0) is 16.0 Å². The third kappa shape index (κ3) is 4.45. The van der Waals surface area contributed by atoms with E-state index in [0.29, 0.717) is 44.2 Å². The SMILES string of the molecule is COc1cccc(CC(=O)N2CCC(c3nc(C)no3)N(C(C)=O)CC2)c1. The van der Waals surface area contributed by atoms with E-state index in [0.717, 1.165) is 11.3 Å². The van der Waals surface area contributed by atoms with Gasteiger partial charge >= 0.3 is 0 Å². The summed E-state index contributed by atoms with van der Waals surface area (Å²) >= 11 is 0. The monoisotopic (exact) mass is 372 g/mol. The Morgan fingerprint density at radius 3 is 2.78 bits per heavy atom. The van der Waals surface area contributed by atoms with E-state index in [9.17, 15) is 9.59 Å². The van der Waals surface area contributed by atoms with E-state index in [2.05, 4.69) is 10.1 Å². The van der Waals surface area contributed by atoms with Crippen LogP contribution in [0, 0.1) is 6.92 Å². The van der Waals surface area contributed by atoms with E-state index in [-0.39, 0.29) is 17.9 Å². The quantitative estimate of drug-likeness (QED) is 0.812. The zero-order valence-corrected chi connectivity index (χ0v) is 15.8. The van der Waals surface area contributed by atoms with E-state index >= 15 is 0 Å². The van der Waals surface area contributed by atoms with Gasteiger partial charge in [0.25, 0.3) is 0 Å². The molecule has 0 aliphatic carbocycles. The lowest BCUT2D eigenvalue weighted by Crippen LogP contribution is -2.38. The Balaban J connectivity index is 1.71. The van der Waals surface area contributed by atoms with Gasteiger partial charge in [-0.15, -0.1) is 0 Å². The fourth-order valence-corrected chi connectivity index (χ4v) is 3.33. The topological polar surface area (TPSA) is 88.8 Å². The standard InChI is InChI=1S/C19H24N4O4/c1-13-20-19(27-21-13)17-7-8-22(9-10-23(17)14(2)24)18(25)12-15-5-4-6-16(11-15)26-3/h4-6,11,17H,7-10,12H2,1-3H3. The molecule has 0 saturated carbocycles. The third-order valence-corrected chi connectivity index (χ3v) is 4.73. The van der Waals surface area contributed by atoms with Crippen molar-refractivity contribution in [3.05, 3.63) is 41.5 Å². The minimum absolute atomic E-state index is 0.0223. The summed E-state index contributed by atoms with van der Waals surface area (Å²) in [4.78, 5) is 32.6. The first-order valence-corrected chi connectivity index (χ1v) is 8.96. The molecule has 1 fully saturated rings. The van der Waals surface area contributed by atoms with Crippen molar-refractivity contribution in [2.24, 2.45) is 0 Å². The molecule has 0 spiro atoms. The van der Waals surface area contributed by atoms with Gasteiger partial charge in [-0.05, 0) is 31.0 Å². The summed E-state index contributed by atoms with van der Waals surface area (Å²) in [5.41, 5.74) is 0.899. The first kappa shape index (κ1) is 18.9. The molecule has 2 amide bonds. The van der Waals surface area contributed by atoms with Crippen LogP contribution in [0.3, 0.4) is 0 Å². The number of aromatic nitrogens is 2. The van der Waals surface area contributed by atoms with Gasteiger partial charge in [0.1, 0.15) is 11.8 Å². The number of hydrogen-bond acceptors (Lipinski definition) is 6. The molecule has 0 bridgehead atoms. The van der Waals surface area contributed by atoms with Crippen molar-refractivity contribution in [1.29, 1.82) is 0 Å².